The Balaban J connectivity index is 3.25. The molecule has 0 aromatic heterocycles. The fourth-order valence-corrected chi connectivity index (χ4v) is 3.29. The molecular weight excluding hydrogens is 350 g/mol. The van der Waals surface area contributed by atoms with Gasteiger partial charge in [0.2, 0.25) is 5.91 Å². The minimum absolute atomic E-state index is 0.0573. The average Bonchev–Trinajstić information content (AvgIpc) is 2.69. The van der Waals surface area contributed by atoms with E-state index in [0.29, 0.717) is 25.9 Å². The summed E-state index contributed by atoms with van der Waals surface area (Å²) >= 11 is 0. The van der Waals surface area contributed by atoms with Crippen LogP contribution in [0.1, 0.15) is 129 Å². The van der Waals surface area contributed by atoms with Crippen LogP contribution in [0.3, 0.4) is 0 Å². The number of esters is 1. The quantitative estimate of drug-likeness (QED) is 0.173. The molecule has 0 heterocycles. The summed E-state index contributed by atoms with van der Waals surface area (Å²) in [5.74, 6) is -0.119. The molecular formula is C24H47NO3. The number of ether oxygens (including phenoxy) is 1. The predicted molar refractivity (Wildman–Crippen MR) is 118 cm³/mol. The first kappa shape index (κ1) is 26.9. The Bertz CT molecular complexity index is 358. The van der Waals surface area contributed by atoms with Crippen molar-refractivity contribution in [1.82, 2.24) is 5.32 Å². The van der Waals surface area contributed by atoms with Crippen molar-refractivity contribution in [2.45, 2.75) is 129 Å². The molecule has 0 atom stereocenters. The van der Waals surface area contributed by atoms with E-state index in [1.54, 1.807) is 0 Å². The van der Waals surface area contributed by atoms with Crippen LogP contribution in [0, 0.1) is 0 Å². The molecule has 4 nitrogen and oxygen atoms in total. The summed E-state index contributed by atoms with van der Waals surface area (Å²) in [6.45, 7) is 5.66. The molecule has 4 heteroatoms. The van der Waals surface area contributed by atoms with Gasteiger partial charge in [0.05, 0.1) is 6.61 Å². The third-order valence-electron chi connectivity index (χ3n) is 5.15. The van der Waals surface area contributed by atoms with Crippen molar-refractivity contribution in [2.75, 3.05) is 13.2 Å². The van der Waals surface area contributed by atoms with Gasteiger partial charge in [-0.15, -0.1) is 0 Å². The van der Waals surface area contributed by atoms with Crippen molar-refractivity contribution in [3.63, 3.8) is 0 Å². The van der Waals surface area contributed by atoms with E-state index >= 15 is 0 Å². The second-order valence-electron chi connectivity index (χ2n) is 8.02. The van der Waals surface area contributed by atoms with Crippen LogP contribution in [-0.4, -0.2) is 25.0 Å². The van der Waals surface area contributed by atoms with Gasteiger partial charge in [-0.2, -0.15) is 0 Å². The van der Waals surface area contributed by atoms with E-state index in [1.165, 1.54) is 70.6 Å². The predicted octanol–water partition coefficient (Wildman–Crippen LogP) is 6.71. The Morgan fingerprint density at radius 2 is 1.11 bits per heavy atom. The Morgan fingerprint density at radius 3 is 1.68 bits per heavy atom. The number of rotatable bonds is 21. The van der Waals surface area contributed by atoms with Gasteiger partial charge in [-0.25, -0.2) is 0 Å². The molecule has 0 fully saturated rings. The van der Waals surface area contributed by atoms with Crippen molar-refractivity contribution in [3.05, 3.63) is 0 Å². The highest BCUT2D eigenvalue weighted by Crippen LogP contribution is 2.11. The van der Waals surface area contributed by atoms with Crippen molar-refractivity contribution < 1.29 is 14.3 Å². The summed E-state index contributed by atoms with van der Waals surface area (Å²) in [6, 6.07) is 0. The van der Waals surface area contributed by atoms with Gasteiger partial charge < -0.3 is 10.1 Å². The third kappa shape index (κ3) is 21.2. The van der Waals surface area contributed by atoms with Gasteiger partial charge in [0, 0.05) is 19.4 Å². The fraction of sp³-hybridized carbons (Fsp3) is 0.917. The maximum Gasteiger partial charge on any atom is 0.305 e. The highest BCUT2D eigenvalue weighted by molar-refractivity contribution is 5.76. The average molecular weight is 398 g/mol. The zero-order valence-corrected chi connectivity index (χ0v) is 18.9. The van der Waals surface area contributed by atoms with Gasteiger partial charge in [-0.05, 0) is 19.3 Å². The number of carbonyl (C=O) groups excluding carboxylic acids is 2. The van der Waals surface area contributed by atoms with Crippen LogP contribution in [0.5, 0.6) is 0 Å². The molecule has 28 heavy (non-hydrogen) atoms. The monoisotopic (exact) mass is 397 g/mol. The molecule has 0 unspecified atom stereocenters. The molecule has 0 aliphatic heterocycles. The molecule has 0 aliphatic carbocycles. The summed E-state index contributed by atoms with van der Waals surface area (Å²) in [4.78, 5) is 23.3. The molecule has 0 rings (SSSR count). The lowest BCUT2D eigenvalue weighted by molar-refractivity contribution is -0.143. The molecule has 0 bridgehead atoms. The van der Waals surface area contributed by atoms with E-state index in [-0.39, 0.29) is 11.9 Å². The van der Waals surface area contributed by atoms with Gasteiger partial charge in [-0.1, -0.05) is 97.3 Å². The number of amides is 1. The van der Waals surface area contributed by atoms with Crippen molar-refractivity contribution in [1.29, 1.82) is 0 Å². The fourth-order valence-electron chi connectivity index (χ4n) is 3.29. The highest BCUT2D eigenvalue weighted by atomic mass is 16.5. The first-order chi connectivity index (χ1) is 13.7. The molecule has 0 spiro atoms. The van der Waals surface area contributed by atoms with Crippen LogP contribution < -0.4 is 5.32 Å². The smallest absolute Gasteiger partial charge is 0.305 e. The SMILES string of the molecule is CCCCCCCCCCCCCCNC(=O)CCCC(=O)OCCCCC. The first-order valence-electron chi connectivity index (χ1n) is 12.1. The third-order valence-corrected chi connectivity index (χ3v) is 5.15. The largest absolute Gasteiger partial charge is 0.466 e. The van der Waals surface area contributed by atoms with Crippen LogP contribution in [0.15, 0.2) is 0 Å². The summed E-state index contributed by atoms with van der Waals surface area (Å²) in [5, 5.41) is 2.96. The van der Waals surface area contributed by atoms with E-state index in [0.717, 1.165) is 32.2 Å². The topological polar surface area (TPSA) is 55.4 Å². The summed E-state index contributed by atoms with van der Waals surface area (Å²) < 4.78 is 5.14. The van der Waals surface area contributed by atoms with Crippen LogP contribution in [0.4, 0.5) is 0 Å². The number of carbonyl (C=O) groups is 2. The minimum Gasteiger partial charge on any atom is -0.466 e. The standard InChI is InChI=1S/C24H47NO3/c1-3-5-7-8-9-10-11-12-13-14-15-16-21-25-23(26)19-18-20-24(27)28-22-17-6-4-2/h3-22H2,1-2H3,(H,25,26). The second-order valence-corrected chi connectivity index (χ2v) is 8.02. The highest BCUT2D eigenvalue weighted by Gasteiger charge is 2.06. The van der Waals surface area contributed by atoms with Crippen molar-refractivity contribution in [2.24, 2.45) is 0 Å². The van der Waals surface area contributed by atoms with Gasteiger partial charge in [-0.3, -0.25) is 9.59 Å². The summed E-state index contributed by atoms with van der Waals surface area (Å²) in [6.07, 6.45) is 20.4. The van der Waals surface area contributed by atoms with Gasteiger partial charge in [0.1, 0.15) is 0 Å². The Hall–Kier alpha value is -1.06. The lowest BCUT2D eigenvalue weighted by atomic mass is 10.1. The molecule has 0 aliphatic rings. The van der Waals surface area contributed by atoms with E-state index in [4.69, 9.17) is 4.74 Å². The van der Waals surface area contributed by atoms with E-state index in [1.807, 2.05) is 0 Å². The Kier molecular flexibility index (Phi) is 21.4. The summed E-state index contributed by atoms with van der Waals surface area (Å²) in [7, 11) is 0. The maximum absolute atomic E-state index is 11.8. The minimum atomic E-state index is -0.176. The van der Waals surface area contributed by atoms with E-state index in [2.05, 4.69) is 19.2 Å². The Morgan fingerprint density at radius 1 is 0.607 bits per heavy atom. The second kappa shape index (κ2) is 22.2. The van der Waals surface area contributed by atoms with E-state index < -0.39 is 0 Å². The van der Waals surface area contributed by atoms with Gasteiger partial charge in [0.15, 0.2) is 0 Å². The zero-order valence-electron chi connectivity index (χ0n) is 18.9. The lowest BCUT2D eigenvalue weighted by Crippen LogP contribution is -2.24. The van der Waals surface area contributed by atoms with Crippen LogP contribution in [0.25, 0.3) is 0 Å². The molecule has 0 saturated heterocycles. The van der Waals surface area contributed by atoms with Gasteiger partial charge in [0.25, 0.3) is 0 Å². The molecule has 1 amide bonds. The molecule has 166 valence electrons. The molecule has 1 N–H and O–H groups in total. The van der Waals surface area contributed by atoms with Gasteiger partial charge >= 0.3 is 5.97 Å². The van der Waals surface area contributed by atoms with E-state index in [9.17, 15) is 9.59 Å². The van der Waals surface area contributed by atoms with Crippen LogP contribution in [-0.2, 0) is 14.3 Å². The maximum atomic E-state index is 11.8. The summed E-state index contributed by atoms with van der Waals surface area (Å²) in [5.41, 5.74) is 0. The number of hydrogen-bond donors (Lipinski definition) is 1. The Labute approximate surface area is 174 Å². The first-order valence-corrected chi connectivity index (χ1v) is 12.1. The molecule has 0 aromatic rings. The van der Waals surface area contributed by atoms with Crippen LogP contribution in [0.2, 0.25) is 0 Å². The molecule has 0 radical (unpaired) electrons. The number of nitrogens with one attached hydrogen (secondary N) is 1. The normalized spacial score (nSPS) is 10.8. The zero-order chi connectivity index (χ0) is 20.7. The molecule has 0 saturated carbocycles. The van der Waals surface area contributed by atoms with Crippen molar-refractivity contribution in [3.8, 4) is 0 Å². The molecule has 0 aromatic carbocycles. The lowest BCUT2D eigenvalue weighted by Gasteiger charge is -2.06. The van der Waals surface area contributed by atoms with Crippen molar-refractivity contribution >= 4 is 11.9 Å². The van der Waals surface area contributed by atoms with Crippen LogP contribution >= 0.6 is 0 Å². The number of hydrogen-bond acceptors (Lipinski definition) is 3. The number of unbranched alkanes of at least 4 members (excludes halogenated alkanes) is 13.